The first-order valence-electron chi connectivity index (χ1n) is 4.15. The zero-order valence-corrected chi connectivity index (χ0v) is 9.17. The molecule has 0 saturated heterocycles. The van der Waals surface area contributed by atoms with Crippen LogP contribution in [0.4, 0.5) is 0 Å². The zero-order valence-electron chi connectivity index (χ0n) is 7.66. The van der Waals surface area contributed by atoms with Gasteiger partial charge in [-0.2, -0.15) is 0 Å². The highest BCUT2D eigenvalue weighted by atomic mass is 35.5. The van der Waals surface area contributed by atoms with Crippen LogP contribution in [0.15, 0.2) is 27.4 Å². The van der Waals surface area contributed by atoms with E-state index in [1.165, 1.54) is 12.1 Å². The van der Waals surface area contributed by atoms with Gasteiger partial charge in [-0.15, -0.1) is 0 Å². The second kappa shape index (κ2) is 3.81. The molecule has 1 aromatic heterocycles. The molecule has 0 aliphatic rings. The summed E-state index contributed by atoms with van der Waals surface area (Å²) >= 11 is 11.5. The van der Waals surface area contributed by atoms with Crippen molar-refractivity contribution in [2.75, 3.05) is 0 Å². The number of carbonyl (C=O) groups is 1. The summed E-state index contributed by atoms with van der Waals surface area (Å²) in [5, 5.41) is 9.30. The standard InChI is InChI=1S/C10H4Cl2O4/c11-5-1-4-7(13)3-9(10(14)15)16-8(4)2-6(5)12/h1-3H,(H,14,15). The van der Waals surface area contributed by atoms with Crippen molar-refractivity contribution < 1.29 is 14.3 Å². The summed E-state index contributed by atoms with van der Waals surface area (Å²) in [5.41, 5.74) is -0.378. The van der Waals surface area contributed by atoms with Crippen LogP contribution in [0, 0.1) is 0 Å². The molecule has 0 radical (unpaired) electrons. The molecule has 2 rings (SSSR count). The van der Waals surface area contributed by atoms with Crippen molar-refractivity contribution in [3.63, 3.8) is 0 Å². The Morgan fingerprint density at radius 1 is 1.19 bits per heavy atom. The Morgan fingerprint density at radius 2 is 1.81 bits per heavy atom. The number of hydrogen-bond acceptors (Lipinski definition) is 3. The van der Waals surface area contributed by atoms with E-state index >= 15 is 0 Å². The van der Waals surface area contributed by atoms with E-state index in [1.54, 1.807) is 0 Å². The summed E-state index contributed by atoms with van der Waals surface area (Å²) in [7, 11) is 0. The summed E-state index contributed by atoms with van der Waals surface area (Å²) in [6.45, 7) is 0. The molecule has 0 unspecified atom stereocenters. The Balaban J connectivity index is 2.88. The average Bonchev–Trinajstić information content (AvgIpc) is 2.20. The van der Waals surface area contributed by atoms with Gasteiger partial charge in [-0.1, -0.05) is 23.2 Å². The number of aromatic carboxylic acids is 1. The molecule has 1 N–H and O–H groups in total. The summed E-state index contributed by atoms with van der Waals surface area (Å²) in [6.07, 6.45) is 0. The molecular weight excluding hydrogens is 255 g/mol. The van der Waals surface area contributed by atoms with E-state index in [0.29, 0.717) is 0 Å². The Hall–Kier alpha value is -1.52. The van der Waals surface area contributed by atoms with E-state index in [2.05, 4.69) is 0 Å². The van der Waals surface area contributed by atoms with Gasteiger partial charge in [0.1, 0.15) is 5.58 Å². The van der Waals surface area contributed by atoms with Crippen LogP contribution in [0.3, 0.4) is 0 Å². The maximum Gasteiger partial charge on any atom is 0.371 e. The highest BCUT2D eigenvalue weighted by molar-refractivity contribution is 6.42. The number of carboxylic acids is 1. The SMILES string of the molecule is O=C(O)c1cc(=O)c2cc(Cl)c(Cl)cc2o1. The van der Waals surface area contributed by atoms with Gasteiger partial charge in [0, 0.05) is 12.1 Å². The molecule has 2 aromatic rings. The van der Waals surface area contributed by atoms with Crippen molar-refractivity contribution in [2.24, 2.45) is 0 Å². The van der Waals surface area contributed by atoms with Gasteiger partial charge in [0.05, 0.1) is 15.4 Å². The molecule has 0 atom stereocenters. The second-order valence-corrected chi connectivity index (χ2v) is 3.86. The second-order valence-electron chi connectivity index (χ2n) is 3.04. The molecule has 0 aliphatic heterocycles. The average molecular weight is 259 g/mol. The van der Waals surface area contributed by atoms with E-state index in [1.807, 2.05) is 0 Å². The minimum Gasteiger partial charge on any atom is -0.475 e. The molecule has 16 heavy (non-hydrogen) atoms. The van der Waals surface area contributed by atoms with Crippen molar-refractivity contribution in [2.45, 2.75) is 0 Å². The Kier molecular flexibility index (Phi) is 2.61. The molecule has 0 spiro atoms. The lowest BCUT2D eigenvalue weighted by molar-refractivity contribution is 0.0663. The summed E-state index contributed by atoms with van der Waals surface area (Å²) in [5.74, 6) is -1.75. The third-order valence-electron chi connectivity index (χ3n) is 1.98. The number of fused-ring (bicyclic) bond motifs is 1. The van der Waals surface area contributed by atoms with Crippen LogP contribution in [-0.4, -0.2) is 11.1 Å². The Morgan fingerprint density at radius 3 is 2.44 bits per heavy atom. The highest BCUT2D eigenvalue weighted by Gasteiger charge is 2.12. The van der Waals surface area contributed by atoms with E-state index in [9.17, 15) is 9.59 Å². The topological polar surface area (TPSA) is 67.5 Å². The van der Waals surface area contributed by atoms with E-state index in [-0.39, 0.29) is 21.0 Å². The minimum absolute atomic E-state index is 0.0966. The van der Waals surface area contributed by atoms with Crippen LogP contribution in [0.2, 0.25) is 10.0 Å². The van der Waals surface area contributed by atoms with E-state index < -0.39 is 17.2 Å². The van der Waals surface area contributed by atoms with Gasteiger partial charge in [0.2, 0.25) is 5.76 Å². The van der Waals surface area contributed by atoms with Gasteiger partial charge in [-0.05, 0) is 6.07 Å². The molecule has 6 heteroatoms. The molecule has 0 fully saturated rings. The van der Waals surface area contributed by atoms with Crippen molar-refractivity contribution in [1.82, 2.24) is 0 Å². The van der Waals surface area contributed by atoms with Gasteiger partial charge in [-0.3, -0.25) is 4.79 Å². The molecule has 0 aliphatic carbocycles. The predicted molar refractivity (Wildman–Crippen MR) is 59.5 cm³/mol. The van der Waals surface area contributed by atoms with E-state index in [4.69, 9.17) is 32.7 Å². The number of hydrogen-bond donors (Lipinski definition) is 1. The predicted octanol–water partition coefficient (Wildman–Crippen LogP) is 2.80. The fourth-order valence-corrected chi connectivity index (χ4v) is 1.57. The summed E-state index contributed by atoms with van der Waals surface area (Å²) in [6, 6.07) is 3.55. The third kappa shape index (κ3) is 1.77. The molecule has 0 amide bonds. The fourth-order valence-electron chi connectivity index (χ4n) is 1.26. The third-order valence-corrected chi connectivity index (χ3v) is 2.70. The first-order chi connectivity index (χ1) is 7.49. The highest BCUT2D eigenvalue weighted by Crippen LogP contribution is 2.26. The molecule has 82 valence electrons. The maximum atomic E-state index is 11.5. The molecule has 1 aromatic carbocycles. The zero-order chi connectivity index (χ0) is 11.9. The smallest absolute Gasteiger partial charge is 0.371 e. The van der Waals surface area contributed by atoms with Crippen LogP contribution in [0.5, 0.6) is 0 Å². The molecule has 0 saturated carbocycles. The van der Waals surface area contributed by atoms with Gasteiger partial charge >= 0.3 is 5.97 Å². The summed E-state index contributed by atoms with van der Waals surface area (Å²) in [4.78, 5) is 22.2. The number of benzene rings is 1. The monoisotopic (exact) mass is 258 g/mol. The fraction of sp³-hybridized carbons (Fsp3) is 0. The number of halogens is 2. The van der Waals surface area contributed by atoms with Crippen molar-refractivity contribution in [3.8, 4) is 0 Å². The molecular formula is C10H4Cl2O4. The largest absolute Gasteiger partial charge is 0.475 e. The van der Waals surface area contributed by atoms with Crippen molar-refractivity contribution in [3.05, 3.63) is 44.2 Å². The van der Waals surface area contributed by atoms with Crippen molar-refractivity contribution in [1.29, 1.82) is 0 Å². The lowest BCUT2D eigenvalue weighted by atomic mass is 10.2. The Labute approximate surface area is 99.0 Å². The van der Waals surface area contributed by atoms with Gasteiger partial charge in [0.25, 0.3) is 0 Å². The van der Waals surface area contributed by atoms with E-state index in [0.717, 1.165) is 6.07 Å². The number of carboxylic acid groups (broad SMARTS) is 1. The first kappa shape index (κ1) is 11.0. The normalized spacial score (nSPS) is 10.6. The van der Waals surface area contributed by atoms with Gasteiger partial charge < -0.3 is 9.52 Å². The number of rotatable bonds is 1. The quantitative estimate of drug-likeness (QED) is 0.854. The Bertz CT molecular complexity index is 645. The lowest BCUT2D eigenvalue weighted by Crippen LogP contribution is -2.06. The van der Waals surface area contributed by atoms with Gasteiger partial charge in [0.15, 0.2) is 5.43 Å². The minimum atomic E-state index is -1.31. The molecule has 4 nitrogen and oxygen atoms in total. The van der Waals surface area contributed by atoms with Crippen LogP contribution in [-0.2, 0) is 0 Å². The van der Waals surface area contributed by atoms with Crippen molar-refractivity contribution >= 4 is 40.1 Å². The maximum absolute atomic E-state index is 11.5. The van der Waals surface area contributed by atoms with Crippen LogP contribution in [0.25, 0.3) is 11.0 Å². The van der Waals surface area contributed by atoms with Gasteiger partial charge in [-0.25, -0.2) is 4.79 Å². The van der Waals surface area contributed by atoms with Crippen LogP contribution >= 0.6 is 23.2 Å². The van der Waals surface area contributed by atoms with Crippen LogP contribution in [0.1, 0.15) is 10.6 Å². The molecule has 0 bridgehead atoms. The van der Waals surface area contributed by atoms with Crippen LogP contribution < -0.4 is 5.43 Å². The first-order valence-corrected chi connectivity index (χ1v) is 4.91. The molecule has 1 heterocycles. The summed E-state index contributed by atoms with van der Waals surface area (Å²) < 4.78 is 5.00. The lowest BCUT2D eigenvalue weighted by Gasteiger charge is -2.01.